The molecule has 3 aromatic carbocycles. The number of amides is 1. The zero-order valence-electron chi connectivity index (χ0n) is 22.2. The Kier molecular flexibility index (Phi) is 9.14. The van der Waals surface area contributed by atoms with E-state index < -0.39 is 5.97 Å². The predicted molar refractivity (Wildman–Crippen MR) is 153 cm³/mol. The van der Waals surface area contributed by atoms with Crippen molar-refractivity contribution < 1.29 is 14.7 Å². The molecule has 1 heterocycles. The summed E-state index contributed by atoms with van der Waals surface area (Å²) in [6.45, 7) is 5.85. The minimum Gasteiger partial charge on any atom is -0.478 e. The SMILES string of the molecule is CCCCNC(=O)CNc1ccc2nc(CCCC)n(Cc3ccc(-c4ccccc4C(=O)O)cc3)c2c1. The molecule has 4 aromatic rings. The highest BCUT2D eigenvalue weighted by molar-refractivity contribution is 5.96. The molecule has 0 radical (unpaired) electrons. The summed E-state index contributed by atoms with van der Waals surface area (Å²) in [4.78, 5) is 28.7. The first-order chi connectivity index (χ1) is 18.5. The van der Waals surface area contributed by atoms with Gasteiger partial charge in [-0.15, -0.1) is 0 Å². The lowest BCUT2D eigenvalue weighted by molar-refractivity contribution is -0.119. The number of rotatable bonds is 13. The quantitative estimate of drug-likeness (QED) is 0.188. The molecule has 0 spiro atoms. The summed E-state index contributed by atoms with van der Waals surface area (Å²) in [5.74, 6) is 0.0924. The number of nitrogens with one attached hydrogen (secondary N) is 2. The van der Waals surface area contributed by atoms with E-state index in [1.165, 1.54) is 0 Å². The first kappa shape index (κ1) is 26.9. The number of unbranched alkanes of at least 4 members (excludes halogenated alkanes) is 2. The average molecular weight is 513 g/mol. The number of anilines is 1. The molecule has 0 unspecified atom stereocenters. The zero-order valence-corrected chi connectivity index (χ0v) is 22.2. The third-order valence-electron chi connectivity index (χ3n) is 6.65. The molecule has 0 saturated heterocycles. The van der Waals surface area contributed by atoms with Gasteiger partial charge in [0.15, 0.2) is 0 Å². The molecular weight excluding hydrogens is 476 g/mol. The summed E-state index contributed by atoms with van der Waals surface area (Å²) in [5.41, 5.74) is 5.81. The number of fused-ring (bicyclic) bond motifs is 1. The van der Waals surface area contributed by atoms with Crippen LogP contribution in [0.1, 0.15) is 61.3 Å². The Morgan fingerprint density at radius 3 is 2.45 bits per heavy atom. The summed E-state index contributed by atoms with van der Waals surface area (Å²) >= 11 is 0. The van der Waals surface area contributed by atoms with Crippen LogP contribution in [0.25, 0.3) is 22.2 Å². The van der Waals surface area contributed by atoms with Crippen LogP contribution in [-0.2, 0) is 17.8 Å². The Labute approximate surface area is 223 Å². The van der Waals surface area contributed by atoms with Gasteiger partial charge in [0.05, 0.1) is 23.1 Å². The second kappa shape index (κ2) is 12.9. The van der Waals surface area contributed by atoms with Crippen LogP contribution in [0.4, 0.5) is 5.69 Å². The summed E-state index contributed by atoms with van der Waals surface area (Å²) in [6.07, 6.45) is 5.05. The van der Waals surface area contributed by atoms with Gasteiger partial charge in [0.25, 0.3) is 0 Å². The van der Waals surface area contributed by atoms with Gasteiger partial charge in [-0.25, -0.2) is 9.78 Å². The van der Waals surface area contributed by atoms with E-state index in [9.17, 15) is 14.7 Å². The summed E-state index contributed by atoms with van der Waals surface area (Å²) in [6, 6.07) is 21.2. The number of carbonyl (C=O) groups excluding carboxylic acids is 1. The number of benzene rings is 3. The first-order valence-corrected chi connectivity index (χ1v) is 13.4. The highest BCUT2D eigenvalue weighted by atomic mass is 16.4. The van der Waals surface area contributed by atoms with Gasteiger partial charge in [-0.3, -0.25) is 4.79 Å². The van der Waals surface area contributed by atoms with E-state index in [4.69, 9.17) is 4.98 Å². The first-order valence-electron chi connectivity index (χ1n) is 13.4. The van der Waals surface area contributed by atoms with E-state index in [0.29, 0.717) is 24.2 Å². The molecule has 4 rings (SSSR count). The molecule has 3 N–H and O–H groups in total. The Hall–Kier alpha value is -4.13. The average Bonchev–Trinajstić information content (AvgIpc) is 3.27. The minimum absolute atomic E-state index is 0.0137. The van der Waals surface area contributed by atoms with Crippen molar-refractivity contribution in [3.8, 4) is 11.1 Å². The van der Waals surface area contributed by atoms with Gasteiger partial charge in [-0.1, -0.05) is 69.2 Å². The van der Waals surface area contributed by atoms with Crippen molar-refractivity contribution in [2.75, 3.05) is 18.4 Å². The van der Waals surface area contributed by atoms with E-state index in [-0.39, 0.29) is 12.5 Å². The van der Waals surface area contributed by atoms with E-state index in [1.54, 1.807) is 12.1 Å². The van der Waals surface area contributed by atoms with Crippen molar-refractivity contribution in [3.05, 3.63) is 83.7 Å². The number of imidazole rings is 1. The van der Waals surface area contributed by atoms with Crippen LogP contribution in [0, 0.1) is 0 Å². The number of aryl methyl sites for hydroxylation is 1. The lowest BCUT2D eigenvalue weighted by Crippen LogP contribution is -2.30. The molecule has 0 aliphatic heterocycles. The smallest absolute Gasteiger partial charge is 0.336 e. The largest absolute Gasteiger partial charge is 0.478 e. The summed E-state index contributed by atoms with van der Waals surface area (Å²) in [7, 11) is 0. The van der Waals surface area contributed by atoms with Crippen molar-refractivity contribution in [2.45, 2.75) is 52.5 Å². The lowest BCUT2D eigenvalue weighted by atomic mass is 9.99. The van der Waals surface area contributed by atoms with Crippen LogP contribution in [0.5, 0.6) is 0 Å². The third kappa shape index (κ3) is 6.59. The second-order valence-corrected chi connectivity index (χ2v) is 9.53. The van der Waals surface area contributed by atoms with Crippen molar-refractivity contribution in [3.63, 3.8) is 0 Å². The fraction of sp³-hybridized carbons (Fsp3) is 0.323. The number of nitrogens with zero attached hydrogens (tertiary/aromatic N) is 2. The molecular formula is C31H36N4O3. The molecule has 0 aliphatic carbocycles. The fourth-order valence-electron chi connectivity index (χ4n) is 4.53. The number of hydrogen-bond donors (Lipinski definition) is 3. The van der Waals surface area contributed by atoms with Gasteiger partial charge in [0.2, 0.25) is 5.91 Å². The van der Waals surface area contributed by atoms with Gasteiger partial charge in [0.1, 0.15) is 5.82 Å². The number of carboxylic acid groups (broad SMARTS) is 1. The maximum Gasteiger partial charge on any atom is 0.336 e. The van der Waals surface area contributed by atoms with Crippen molar-refractivity contribution >= 4 is 28.6 Å². The molecule has 198 valence electrons. The Morgan fingerprint density at radius 2 is 1.71 bits per heavy atom. The highest BCUT2D eigenvalue weighted by Crippen LogP contribution is 2.26. The monoisotopic (exact) mass is 512 g/mol. The molecule has 7 nitrogen and oxygen atoms in total. The molecule has 1 amide bonds. The summed E-state index contributed by atoms with van der Waals surface area (Å²) in [5, 5.41) is 15.7. The topological polar surface area (TPSA) is 96.3 Å². The van der Waals surface area contributed by atoms with Gasteiger partial charge in [0, 0.05) is 25.2 Å². The van der Waals surface area contributed by atoms with Gasteiger partial charge < -0.3 is 20.3 Å². The van der Waals surface area contributed by atoms with Crippen LogP contribution < -0.4 is 10.6 Å². The van der Waals surface area contributed by atoms with Gasteiger partial charge in [-0.05, 0) is 53.8 Å². The van der Waals surface area contributed by atoms with Crippen molar-refractivity contribution in [2.24, 2.45) is 0 Å². The maximum atomic E-state index is 12.1. The third-order valence-corrected chi connectivity index (χ3v) is 6.65. The fourth-order valence-corrected chi connectivity index (χ4v) is 4.53. The lowest BCUT2D eigenvalue weighted by Gasteiger charge is -2.12. The predicted octanol–water partition coefficient (Wildman–Crippen LogP) is 6.12. The Balaban J connectivity index is 1.57. The van der Waals surface area contributed by atoms with Crippen molar-refractivity contribution in [1.82, 2.24) is 14.9 Å². The second-order valence-electron chi connectivity index (χ2n) is 9.53. The molecule has 0 bridgehead atoms. The molecule has 0 atom stereocenters. The maximum absolute atomic E-state index is 12.1. The number of aromatic nitrogens is 2. The Morgan fingerprint density at radius 1 is 0.947 bits per heavy atom. The van der Waals surface area contributed by atoms with Gasteiger partial charge in [-0.2, -0.15) is 0 Å². The molecule has 0 aliphatic rings. The molecule has 0 saturated carbocycles. The van der Waals surface area contributed by atoms with Crippen LogP contribution in [0.2, 0.25) is 0 Å². The van der Waals surface area contributed by atoms with E-state index in [2.05, 4.69) is 35.1 Å². The normalized spacial score (nSPS) is 11.0. The Bertz CT molecular complexity index is 1390. The van der Waals surface area contributed by atoms with Crippen LogP contribution in [0.3, 0.4) is 0 Å². The standard InChI is InChI=1S/C31H36N4O3/c1-3-5-11-29-34-27-17-16-24(33-20-30(36)32-18-6-4-2)19-28(27)35(29)21-22-12-14-23(15-13-22)25-9-7-8-10-26(25)31(37)38/h7-10,12-17,19,33H,3-6,11,18,20-21H2,1-2H3,(H,32,36)(H,37,38). The van der Waals surface area contributed by atoms with Crippen LogP contribution in [0.15, 0.2) is 66.7 Å². The van der Waals surface area contributed by atoms with Gasteiger partial charge >= 0.3 is 5.97 Å². The number of carbonyl (C=O) groups is 2. The molecule has 7 heteroatoms. The van der Waals surface area contributed by atoms with Crippen molar-refractivity contribution in [1.29, 1.82) is 0 Å². The minimum atomic E-state index is -0.932. The van der Waals surface area contributed by atoms with Crippen LogP contribution in [-0.4, -0.2) is 39.6 Å². The summed E-state index contributed by atoms with van der Waals surface area (Å²) < 4.78 is 2.25. The van der Waals surface area contributed by atoms with E-state index >= 15 is 0 Å². The molecule has 38 heavy (non-hydrogen) atoms. The number of hydrogen-bond acceptors (Lipinski definition) is 4. The van der Waals surface area contributed by atoms with Crippen LogP contribution >= 0.6 is 0 Å². The number of carboxylic acids is 1. The van der Waals surface area contributed by atoms with E-state index in [0.717, 1.165) is 65.8 Å². The highest BCUT2D eigenvalue weighted by Gasteiger charge is 2.14. The molecule has 1 aromatic heterocycles. The zero-order chi connectivity index (χ0) is 26.9. The van der Waals surface area contributed by atoms with E-state index in [1.807, 2.05) is 48.5 Å². The molecule has 0 fully saturated rings. The number of aromatic carboxylic acids is 1.